The van der Waals surface area contributed by atoms with Crippen LogP contribution in [0.3, 0.4) is 0 Å². The third-order valence-electron chi connectivity index (χ3n) is 2.81. The molecule has 56 valence electrons. The molecule has 0 radical (unpaired) electrons. The highest BCUT2D eigenvalue weighted by molar-refractivity contribution is 5.85. The Morgan fingerprint density at radius 1 is 1.80 bits per heavy atom. The standard InChI is InChI=1S/C7H12N2O/c1-9-3-5-2-7(5,4-9)6(8)10/h5H,2-4H2,1H3,(H2,8,10). The monoisotopic (exact) mass is 140 g/mol. The molecule has 1 heterocycles. The molecule has 2 unspecified atom stereocenters. The Morgan fingerprint density at radius 2 is 2.50 bits per heavy atom. The Labute approximate surface area is 60.2 Å². The van der Waals surface area contributed by atoms with Crippen LogP contribution in [0.5, 0.6) is 0 Å². The fraction of sp³-hybridized carbons (Fsp3) is 0.857. The summed E-state index contributed by atoms with van der Waals surface area (Å²) in [5, 5.41) is 0. The van der Waals surface area contributed by atoms with Crippen molar-refractivity contribution in [1.82, 2.24) is 4.90 Å². The van der Waals surface area contributed by atoms with E-state index in [1.54, 1.807) is 0 Å². The van der Waals surface area contributed by atoms with Crippen LogP contribution in [0.15, 0.2) is 0 Å². The molecule has 10 heavy (non-hydrogen) atoms. The molecule has 2 rings (SSSR count). The van der Waals surface area contributed by atoms with Crippen LogP contribution in [0.1, 0.15) is 6.42 Å². The minimum Gasteiger partial charge on any atom is -0.369 e. The third-order valence-corrected chi connectivity index (χ3v) is 2.81. The molecule has 1 saturated heterocycles. The van der Waals surface area contributed by atoms with Crippen LogP contribution >= 0.6 is 0 Å². The van der Waals surface area contributed by atoms with Gasteiger partial charge in [-0.15, -0.1) is 0 Å². The Bertz CT molecular complexity index is 192. The summed E-state index contributed by atoms with van der Waals surface area (Å²) in [5.74, 6) is 0.483. The van der Waals surface area contributed by atoms with Crippen LogP contribution in [0.2, 0.25) is 0 Å². The van der Waals surface area contributed by atoms with Crippen LogP contribution in [0.25, 0.3) is 0 Å². The van der Waals surface area contributed by atoms with Crippen molar-refractivity contribution in [1.29, 1.82) is 0 Å². The molecule has 1 aliphatic heterocycles. The van der Waals surface area contributed by atoms with Gasteiger partial charge >= 0.3 is 0 Å². The summed E-state index contributed by atoms with van der Waals surface area (Å²) in [7, 11) is 2.04. The van der Waals surface area contributed by atoms with E-state index < -0.39 is 0 Å². The largest absolute Gasteiger partial charge is 0.369 e. The topological polar surface area (TPSA) is 46.3 Å². The molecule has 0 bridgehead atoms. The number of carbonyl (C=O) groups is 1. The Hall–Kier alpha value is -0.570. The molecule has 1 saturated carbocycles. The first-order valence-electron chi connectivity index (χ1n) is 3.63. The highest BCUT2D eigenvalue weighted by Gasteiger charge is 2.63. The van der Waals surface area contributed by atoms with E-state index in [1.165, 1.54) is 0 Å². The maximum Gasteiger partial charge on any atom is 0.225 e. The van der Waals surface area contributed by atoms with E-state index in [0.29, 0.717) is 5.92 Å². The van der Waals surface area contributed by atoms with Crippen molar-refractivity contribution in [2.75, 3.05) is 20.1 Å². The zero-order valence-electron chi connectivity index (χ0n) is 6.13. The lowest BCUT2D eigenvalue weighted by atomic mass is 10.1. The van der Waals surface area contributed by atoms with Gasteiger partial charge in [-0.2, -0.15) is 0 Å². The minimum absolute atomic E-state index is 0.0955. The average Bonchev–Trinajstić information content (AvgIpc) is 2.37. The van der Waals surface area contributed by atoms with E-state index in [-0.39, 0.29) is 11.3 Å². The number of nitrogens with two attached hydrogens (primary N) is 1. The van der Waals surface area contributed by atoms with Crippen molar-refractivity contribution >= 4 is 5.91 Å². The second-order valence-corrected chi connectivity index (χ2v) is 3.62. The Kier molecular flexibility index (Phi) is 0.944. The number of fused-ring (bicyclic) bond motifs is 1. The Morgan fingerprint density at radius 3 is 2.80 bits per heavy atom. The fourth-order valence-corrected chi connectivity index (χ4v) is 2.12. The van der Waals surface area contributed by atoms with Crippen LogP contribution in [-0.2, 0) is 4.79 Å². The van der Waals surface area contributed by atoms with E-state index >= 15 is 0 Å². The molecule has 2 aliphatic rings. The molecule has 2 atom stereocenters. The summed E-state index contributed by atoms with van der Waals surface area (Å²) in [6.07, 6.45) is 1.03. The van der Waals surface area contributed by atoms with E-state index in [9.17, 15) is 4.79 Å². The number of hydrogen-bond donors (Lipinski definition) is 1. The van der Waals surface area contributed by atoms with Gasteiger partial charge in [-0.25, -0.2) is 0 Å². The summed E-state index contributed by atoms with van der Waals surface area (Å²) >= 11 is 0. The van der Waals surface area contributed by atoms with E-state index in [2.05, 4.69) is 4.90 Å². The van der Waals surface area contributed by atoms with Crippen LogP contribution < -0.4 is 5.73 Å². The molecule has 2 N–H and O–H groups in total. The highest BCUT2D eigenvalue weighted by atomic mass is 16.1. The van der Waals surface area contributed by atoms with Crippen molar-refractivity contribution in [3.05, 3.63) is 0 Å². The molecular weight excluding hydrogens is 128 g/mol. The molecular formula is C7H12N2O. The quantitative estimate of drug-likeness (QED) is 0.530. The smallest absolute Gasteiger partial charge is 0.225 e. The van der Waals surface area contributed by atoms with E-state index in [0.717, 1.165) is 19.5 Å². The summed E-state index contributed by atoms with van der Waals surface area (Å²) in [4.78, 5) is 13.1. The molecule has 3 nitrogen and oxygen atoms in total. The summed E-state index contributed by atoms with van der Waals surface area (Å²) in [5.41, 5.74) is 5.17. The van der Waals surface area contributed by atoms with Crippen LogP contribution in [0.4, 0.5) is 0 Å². The van der Waals surface area contributed by atoms with Crippen LogP contribution in [-0.4, -0.2) is 30.9 Å². The first-order valence-corrected chi connectivity index (χ1v) is 3.63. The lowest BCUT2D eigenvalue weighted by molar-refractivity contribution is -0.123. The molecule has 3 heteroatoms. The van der Waals surface area contributed by atoms with Gasteiger partial charge in [0, 0.05) is 13.1 Å². The van der Waals surface area contributed by atoms with Gasteiger partial charge in [0.1, 0.15) is 0 Å². The van der Waals surface area contributed by atoms with Crippen molar-refractivity contribution in [2.24, 2.45) is 17.1 Å². The predicted octanol–water partition coefficient (Wildman–Crippen LogP) is -0.577. The fourth-order valence-electron chi connectivity index (χ4n) is 2.12. The first kappa shape index (κ1) is 6.16. The van der Waals surface area contributed by atoms with Crippen LogP contribution in [0, 0.1) is 11.3 Å². The molecule has 2 fully saturated rings. The van der Waals surface area contributed by atoms with Gasteiger partial charge in [0.25, 0.3) is 0 Å². The zero-order valence-corrected chi connectivity index (χ0v) is 6.13. The number of nitrogens with zero attached hydrogens (tertiary/aromatic N) is 1. The lowest BCUT2D eigenvalue weighted by Crippen LogP contribution is -2.30. The number of likely N-dealkylation sites (tertiary alicyclic amines) is 1. The molecule has 0 aromatic carbocycles. The maximum atomic E-state index is 10.9. The van der Waals surface area contributed by atoms with Crippen molar-refractivity contribution in [3.63, 3.8) is 0 Å². The van der Waals surface area contributed by atoms with E-state index in [1.807, 2.05) is 7.05 Å². The summed E-state index contributed by atoms with van der Waals surface area (Å²) in [6, 6.07) is 0. The van der Waals surface area contributed by atoms with Gasteiger partial charge in [-0.1, -0.05) is 0 Å². The van der Waals surface area contributed by atoms with Crippen molar-refractivity contribution in [3.8, 4) is 0 Å². The Balaban J connectivity index is 2.15. The minimum atomic E-state index is -0.102. The van der Waals surface area contributed by atoms with Gasteiger partial charge in [-0.05, 0) is 19.4 Å². The number of piperidine rings is 1. The zero-order chi connectivity index (χ0) is 7.35. The van der Waals surface area contributed by atoms with Gasteiger partial charge in [0.05, 0.1) is 5.41 Å². The van der Waals surface area contributed by atoms with Gasteiger partial charge < -0.3 is 10.6 Å². The number of amides is 1. The second kappa shape index (κ2) is 1.53. The highest BCUT2D eigenvalue weighted by Crippen LogP contribution is 2.56. The third kappa shape index (κ3) is 0.560. The predicted molar refractivity (Wildman–Crippen MR) is 37.2 cm³/mol. The maximum absolute atomic E-state index is 10.9. The molecule has 1 amide bonds. The van der Waals surface area contributed by atoms with Gasteiger partial charge in [0.2, 0.25) is 5.91 Å². The number of carbonyl (C=O) groups excluding carboxylic acids is 1. The number of rotatable bonds is 1. The second-order valence-electron chi connectivity index (χ2n) is 3.62. The molecule has 0 aromatic rings. The van der Waals surface area contributed by atoms with Gasteiger partial charge in [0.15, 0.2) is 0 Å². The SMILES string of the molecule is CN1CC2CC2(C(N)=O)C1. The number of primary amides is 1. The lowest BCUT2D eigenvalue weighted by Gasteiger charge is -2.11. The van der Waals surface area contributed by atoms with Gasteiger partial charge in [-0.3, -0.25) is 4.79 Å². The van der Waals surface area contributed by atoms with Crippen molar-refractivity contribution in [2.45, 2.75) is 6.42 Å². The first-order chi connectivity index (χ1) is 4.65. The van der Waals surface area contributed by atoms with Crippen molar-refractivity contribution < 1.29 is 4.79 Å². The summed E-state index contributed by atoms with van der Waals surface area (Å²) in [6.45, 7) is 1.94. The molecule has 0 aromatic heterocycles. The molecule has 0 spiro atoms. The van der Waals surface area contributed by atoms with E-state index in [4.69, 9.17) is 5.73 Å². The summed E-state index contributed by atoms with van der Waals surface area (Å²) < 4.78 is 0. The molecule has 1 aliphatic carbocycles. The average molecular weight is 140 g/mol. The normalized spacial score (nSPS) is 45.1. The number of hydrogen-bond acceptors (Lipinski definition) is 2.